The summed E-state index contributed by atoms with van der Waals surface area (Å²) in [4.78, 5) is 12.1. The van der Waals surface area contributed by atoms with Crippen molar-refractivity contribution in [3.05, 3.63) is 23.8 Å². The summed E-state index contributed by atoms with van der Waals surface area (Å²) in [6.45, 7) is 4.49. The number of benzene rings is 1. The van der Waals surface area contributed by atoms with Gasteiger partial charge in [0.1, 0.15) is 5.75 Å². The Kier molecular flexibility index (Phi) is 3.87. The fourth-order valence-electron chi connectivity index (χ4n) is 2.32. The fraction of sp³-hybridized carbons (Fsp3) is 0.500. The first-order valence-electron chi connectivity index (χ1n) is 6.34. The smallest absolute Gasteiger partial charge is 0.230 e. The minimum atomic E-state index is -0.0656. The number of rotatable bonds is 3. The number of amides is 1. The van der Waals surface area contributed by atoms with Gasteiger partial charge in [0, 0.05) is 12.3 Å². The van der Waals surface area contributed by atoms with Crippen LogP contribution in [0.5, 0.6) is 5.75 Å². The van der Waals surface area contributed by atoms with Crippen molar-refractivity contribution in [1.82, 2.24) is 0 Å². The monoisotopic (exact) mass is 249 g/mol. The van der Waals surface area contributed by atoms with Gasteiger partial charge in [0.25, 0.3) is 0 Å². The molecule has 1 aliphatic heterocycles. The van der Waals surface area contributed by atoms with E-state index in [1.165, 1.54) is 0 Å². The van der Waals surface area contributed by atoms with Gasteiger partial charge in [-0.2, -0.15) is 0 Å². The number of carbonyl (C=O) groups excluding carboxylic acids is 1. The lowest BCUT2D eigenvalue weighted by atomic mass is 9.98. The van der Waals surface area contributed by atoms with Crippen molar-refractivity contribution in [3.8, 4) is 5.75 Å². The number of phenols is 1. The molecule has 2 atom stereocenters. The van der Waals surface area contributed by atoms with Crippen molar-refractivity contribution in [1.29, 1.82) is 0 Å². The van der Waals surface area contributed by atoms with Crippen LogP contribution in [0.1, 0.15) is 25.3 Å². The lowest BCUT2D eigenvalue weighted by molar-refractivity contribution is -0.121. The third kappa shape index (κ3) is 2.64. The van der Waals surface area contributed by atoms with Crippen LogP contribution in [0.25, 0.3) is 0 Å². The van der Waals surface area contributed by atoms with Crippen LogP contribution in [0, 0.1) is 12.8 Å². The maximum atomic E-state index is 12.1. The van der Waals surface area contributed by atoms with Crippen LogP contribution < -0.4 is 5.32 Å². The van der Waals surface area contributed by atoms with Crippen LogP contribution >= 0.6 is 0 Å². The van der Waals surface area contributed by atoms with E-state index in [-0.39, 0.29) is 23.7 Å². The second-order valence-electron chi connectivity index (χ2n) is 4.70. The molecule has 2 unspecified atom stereocenters. The van der Waals surface area contributed by atoms with E-state index < -0.39 is 0 Å². The first-order valence-corrected chi connectivity index (χ1v) is 6.34. The van der Waals surface area contributed by atoms with Crippen LogP contribution in [0.15, 0.2) is 18.2 Å². The molecule has 4 heteroatoms. The Morgan fingerprint density at radius 1 is 1.56 bits per heavy atom. The summed E-state index contributed by atoms with van der Waals surface area (Å²) in [5.74, 6) is 0.178. The molecule has 4 nitrogen and oxygen atoms in total. The molecule has 0 radical (unpaired) electrons. The first kappa shape index (κ1) is 12.9. The summed E-state index contributed by atoms with van der Waals surface area (Å²) in [5, 5.41) is 12.3. The number of phenolic OH excluding ortho intramolecular Hbond substituents is 1. The molecular weight excluding hydrogens is 230 g/mol. The summed E-state index contributed by atoms with van der Waals surface area (Å²) < 4.78 is 5.52. The van der Waals surface area contributed by atoms with Crippen molar-refractivity contribution < 1.29 is 14.6 Å². The summed E-state index contributed by atoms with van der Waals surface area (Å²) in [6.07, 6.45) is 1.66. The maximum absolute atomic E-state index is 12.1. The number of ether oxygens (including phenoxy) is 1. The molecule has 0 bridgehead atoms. The Hall–Kier alpha value is -1.55. The molecule has 1 heterocycles. The highest BCUT2D eigenvalue weighted by Gasteiger charge is 2.32. The third-order valence-corrected chi connectivity index (χ3v) is 3.41. The average molecular weight is 249 g/mol. The number of carbonyl (C=O) groups is 1. The van der Waals surface area contributed by atoms with Crippen molar-refractivity contribution >= 4 is 11.6 Å². The molecule has 0 aliphatic carbocycles. The van der Waals surface area contributed by atoms with Gasteiger partial charge in [-0.3, -0.25) is 4.79 Å². The topological polar surface area (TPSA) is 58.6 Å². The second-order valence-corrected chi connectivity index (χ2v) is 4.70. The summed E-state index contributed by atoms with van der Waals surface area (Å²) in [7, 11) is 0. The van der Waals surface area contributed by atoms with Crippen molar-refractivity contribution in [2.45, 2.75) is 32.8 Å². The van der Waals surface area contributed by atoms with Crippen molar-refractivity contribution in [2.24, 2.45) is 5.92 Å². The minimum Gasteiger partial charge on any atom is -0.508 e. The summed E-state index contributed by atoms with van der Waals surface area (Å²) >= 11 is 0. The van der Waals surface area contributed by atoms with E-state index in [4.69, 9.17) is 4.74 Å². The third-order valence-electron chi connectivity index (χ3n) is 3.41. The highest BCUT2D eigenvalue weighted by molar-refractivity contribution is 5.93. The highest BCUT2D eigenvalue weighted by atomic mass is 16.5. The number of hydrogen-bond donors (Lipinski definition) is 2. The van der Waals surface area contributed by atoms with E-state index >= 15 is 0 Å². The summed E-state index contributed by atoms with van der Waals surface area (Å²) in [6, 6.07) is 5.06. The lowest BCUT2D eigenvalue weighted by Gasteiger charge is -2.16. The van der Waals surface area contributed by atoms with Gasteiger partial charge < -0.3 is 15.2 Å². The van der Waals surface area contributed by atoms with Gasteiger partial charge in [0.2, 0.25) is 5.91 Å². The molecule has 1 aromatic rings. The number of anilines is 1. The molecule has 1 aromatic carbocycles. The number of nitrogens with one attached hydrogen (secondary N) is 1. The van der Waals surface area contributed by atoms with Crippen molar-refractivity contribution in [2.75, 3.05) is 11.9 Å². The van der Waals surface area contributed by atoms with Gasteiger partial charge in [-0.15, -0.1) is 0 Å². The molecule has 1 amide bonds. The largest absolute Gasteiger partial charge is 0.508 e. The van der Waals surface area contributed by atoms with E-state index in [2.05, 4.69) is 5.32 Å². The Morgan fingerprint density at radius 3 is 3.00 bits per heavy atom. The average Bonchev–Trinajstić information content (AvgIpc) is 2.82. The zero-order valence-corrected chi connectivity index (χ0v) is 10.8. The Balaban J connectivity index is 2.04. The van der Waals surface area contributed by atoms with Crippen molar-refractivity contribution in [3.63, 3.8) is 0 Å². The molecule has 0 saturated carbocycles. The molecule has 2 N–H and O–H groups in total. The lowest BCUT2D eigenvalue weighted by Crippen LogP contribution is -2.29. The van der Waals surface area contributed by atoms with Gasteiger partial charge in [-0.05, 0) is 43.5 Å². The molecule has 0 spiro atoms. The molecule has 18 heavy (non-hydrogen) atoms. The quantitative estimate of drug-likeness (QED) is 0.809. The number of hydrogen-bond acceptors (Lipinski definition) is 3. The van der Waals surface area contributed by atoms with Gasteiger partial charge >= 0.3 is 0 Å². The van der Waals surface area contributed by atoms with E-state index in [1.807, 2.05) is 6.92 Å². The van der Waals surface area contributed by atoms with E-state index in [1.54, 1.807) is 25.1 Å². The van der Waals surface area contributed by atoms with Gasteiger partial charge in [0.05, 0.1) is 12.0 Å². The minimum absolute atomic E-state index is 0.00411. The first-order chi connectivity index (χ1) is 8.61. The molecule has 0 aromatic heterocycles. The zero-order chi connectivity index (χ0) is 13.1. The highest BCUT2D eigenvalue weighted by Crippen LogP contribution is 2.26. The van der Waals surface area contributed by atoms with Crippen LogP contribution in [-0.2, 0) is 9.53 Å². The van der Waals surface area contributed by atoms with Crippen LogP contribution in [0.4, 0.5) is 5.69 Å². The Labute approximate surface area is 107 Å². The molecule has 1 fully saturated rings. The maximum Gasteiger partial charge on any atom is 0.230 e. The van der Waals surface area contributed by atoms with Gasteiger partial charge in [-0.1, -0.05) is 6.92 Å². The standard InChI is InChI=1S/C14H19NO3/c1-3-13-11(6-7-18-13)14(17)15-10-4-5-12(16)9(2)8-10/h4-5,8,11,13,16H,3,6-7H2,1-2H3,(H,15,17). The zero-order valence-electron chi connectivity index (χ0n) is 10.8. The second kappa shape index (κ2) is 5.40. The molecular formula is C14H19NO3. The van der Waals surface area contributed by atoms with Gasteiger partial charge in [0.15, 0.2) is 0 Å². The Morgan fingerprint density at radius 2 is 2.33 bits per heavy atom. The summed E-state index contributed by atoms with van der Waals surface area (Å²) in [5.41, 5.74) is 1.47. The van der Waals surface area contributed by atoms with Gasteiger partial charge in [-0.25, -0.2) is 0 Å². The number of aromatic hydroxyl groups is 1. The Bertz CT molecular complexity index is 445. The van der Waals surface area contributed by atoms with E-state index in [9.17, 15) is 9.90 Å². The fourth-order valence-corrected chi connectivity index (χ4v) is 2.32. The normalized spacial score (nSPS) is 23.0. The SMILES string of the molecule is CCC1OCCC1C(=O)Nc1ccc(O)c(C)c1. The molecule has 1 saturated heterocycles. The van der Waals surface area contributed by atoms with Crippen LogP contribution in [0.2, 0.25) is 0 Å². The van der Waals surface area contributed by atoms with E-state index in [0.717, 1.165) is 24.1 Å². The number of aryl methyl sites for hydroxylation is 1. The van der Waals surface area contributed by atoms with Crippen LogP contribution in [-0.4, -0.2) is 23.7 Å². The predicted octanol–water partition coefficient (Wildman–Crippen LogP) is 2.45. The van der Waals surface area contributed by atoms with E-state index in [0.29, 0.717) is 6.61 Å². The predicted molar refractivity (Wildman–Crippen MR) is 69.6 cm³/mol. The molecule has 98 valence electrons. The molecule has 1 aliphatic rings. The molecule has 2 rings (SSSR count). The van der Waals surface area contributed by atoms with Crippen LogP contribution in [0.3, 0.4) is 0 Å².